The lowest BCUT2D eigenvalue weighted by atomic mass is 9.96. The predicted molar refractivity (Wildman–Crippen MR) is 83.8 cm³/mol. The molecule has 2 aromatic rings. The molecule has 7 nitrogen and oxygen atoms in total. The van der Waals surface area contributed by atoms with Crippen molar-refractivity contribution in [1.29, 1.82) is 0 Å². The van der Waals surface area contributed by atoms with Crippen LogP contribution in [0.5, 0.6) is 0 Å². The highest BCUT2D eigenvalue weighted by molar-refractivity contribution is 6.02. The third-order valence-corrected chi connectivity index (χ3v) is 2.87. The molecule has 2 N–H and O–H groups in total. The summed E-state index contributed by atoms with van der Waals surface area (Å²) in [6.07, 6.45) is 1.72. The van der Waals surface area contributed by atoms with Gasteiger partial charge in [0.1, 0.15) is 0 Å². The Balaban J connectivity index is 2.09. The van der Waals surface area contributed by atoms with Gasteiger partial charge in [-0.1, -0.05) is 25.9 Å². The quantitative estimate of drug-likeness (QED) is 0.840. The average molecular weight is 315 g/mol. The van der Waals surface area contributed by atoms with Crippen molar-refractivity contribution in [2.45, 2.75) is 26.2 Å². The minimum absolute atomic E-state index is 0.202. The van der Waals surface area contributed by atoms with Crippen LogP contribution in [0.4, 0.5) is 5.69 Å². The first kappa shape index (κ1) is 16.4. The molecule has 0 atom stereocenters. The van der Waals surface area contributed by atoms with E-state index in [2.05, 4.69) is 15.5 Å². The largest absolute Gasteiger partial charge is 0.478 e. The van der Waals surface area contributed by atoms with E-state index in [4.69, 9.17) is 9.63 Å². The van der Waals surface area contributed by atoms with Crippen LogP contribution in [0.2, 0.25) is 0 Å². The van der Waals surface area contributed by atoms with Crippen molar-refractivity contribution in [2.24, 2.45) is 0 Å². The lowest BCUT2D eigenvalue weighted by Gasteiger charge is -2.10. The number of rotatable bonds is 4. The summed E-state index contributed by atoms with van der Waals surface area (Å²) in [7, 11) is 0. The Morgan fingerprint density at radius 2 is 1.83 bits per heavy atom. The summed E-state index contributed by atoms with van der Waals surface area (Å²) >= 11 is 0. The number of amides is 1. The average Bonchev–Trinajstić information content (AvgIpc) is 2.96. The molecule has 0 fully saturated rings. The molecular weight excluding hydrogens is 298 g/mol. The molecule has 0 aliphatic carbocycles. The summed E-state index contributed by atoms with van der Waals surface area (Å²) in [6, 6.07) is 6.80. The Morgan fingerprint density at radius 1 is 1.17 bits per heavy atom. The summed E-state index contributed by atoms with van der Waals surface area (Å²) in [4.78, 5) is 26.2. The van der Waals surface area contributed by atoms with Crippen LogP contribution >= 0.6 is 0 Å². The first-order valence-corrected chi connectivity index (χ1v) is 6.92. The topological polar surface area (TPSA) is 105 Å². The van der Waals surface area contributed by atoms with Crippen molar-refractivity contribution in [3.63, 3.8) is 0 Å². The molecule has 0 saturated heterocycles. The molecule has 120 valence electrons. The number of hydrogen-bond acceptors (Lipinski definition) is 5. The number of carbonyl (C=O) groups is 2. The molecule has 0 radical (unpaired) electrons. The van der Waals surface area contributed by atoms with Gasteiger partial charge in [-0.3, -0.25) is 4.79 Å². The number of nitrogens with one attached hydrogen (secondary N) is 1. The number of carboxylic acids is 1. The highest BCUT2D eigenvalue weighted by Gasteiger charge is 2.21. The third-order valence-electron chi connectivity index (χ3n) is 2.87. The molecule has 0 aliphatic rings. The SMILES string of the molecule is CC(C)(C)c1noc(-c2ccc(NC(=O)/C=C\C(=O)O)cc2)n1. The molecule has 1 aromatic heterocycles. The van der Waals surface area contributed by atoms with Gasteiger partial charge in [0.25, 0.3) is 5.89 Å². The zero-order valence-corrected chi connectivity index (χ0v) is 13.0. The van der Waals surface area contributed by atoms with E-state index in [0.29, 0.717) is 17.4 Å². The summed E-state index contributed by atoms with van der Waals surface area (Å²) in [6.45, 7) is 5.97. The van der Waals surface area contributed by atoms with E-state index < -0.39 is 11.9 Å². The molecule has 0 aliphatic heterocycles. The van der Waals surface area contributed by atoms with Gasteiger partial charge < -0.3 is 14.9 Å². The number of carboxylic acid groups (broad SMARTS) is 1. The highest BCUT2D eigenvalue weighted by atomic mass is 16.5. The Bertz CT molecular complexity index is 739. The Hall–Kier alpha value is -2.96. The number of anilines is 1. The van der Waals surface area contributed by atoms with E-state index in [1.165, 1.54) is 0 Å². The smallest absolute Gasteiger partial charge is 0.328 e. The molecule has 1 heterocycles. The van der Waals surface area contributed by atoms with Crippen LogP contribution in [0.3, 0.4) is 0 Å². The fourth-order valence-electron chi connectivity index (χ4n) is 1.67. The van der Waals surface area contributed by atoms with Crippen LogP contribution in [-0.2, 0) is 15.0 Å². The zero-order valence-electron chi connectivity index (χ0n) is 13.0. The fourth-order valence-corrected chi connectivity index (χ4v) is 1.67. The van der Waals surface area contributed by atoms with Crippen LogP contribution in [0.1, 0.15) is 26.6 Å². The normalized spacial score (nSPS) is 11.6. The van der Waals surface area contributed by atoms with Crippen LogP contribution in [0.15, 0.2) is 40.9 Å². The summed E-state index contributed by atoms with van der Waals surface area (Å²) in [5.41, 5.74) is 1.06. The second-order valence-corrected chi connectivity index (χ2v) is 5.91. The summed E-state index contributed by atoms with van der Waals surface area (Å²) in [5, 5.41) is 15.0. The molecular formula is C16H17N3O4. The fraction of sp³-hybridized carbons (Fsp3) is 0.250. The first-order valence-electron chi connectivity index (χ1n) is 6.92. The minimum atomic E-state index is -1.18. The zero-order chi connectivity index (χ0) is 17.0. The van der Waals surface area contributed by atoms with Crippen LogP contribution < -0.4 is 5.32 Å². The van der Waals surface area contributed by atoms with Crippen molar-refractivity contribution in [2.75, 3.05) is 5.32 Å². The molecule has 1 amide bonds. The second-order valence-electron chi connectivity index (χ2n) is 5.91. The van der Waals surface area contributed by atoms with Gasteiger partial charge in [-0.15, -0.1) is 0 Å². The first-order chi connectivity index (χ1) is 10.8. The van der Waals surface area contributed by atoms with Crippen LogP contribution in [0.25, 0.3) is 11.5 Å². The van der Waals surface area contributed by atoms with Gasteiger partial charge in [0.05, 0.1) is 0 Å². The minimum Gasteiger partial charge on any atom is -0.478 e. The molecule has 0 spiro atoms. The van der Waals surface area contributed by atoms with Crippen molar-refractivity contribution in [3.05, 3.63) is 42.2 Å². The lowest BCUT2D eigenvalue weighted by molar-refractivity contribution is -0.131. The summed E-state index contributed by atoms with van der Waals surface area (Å²) in [5.74, 6) is -0.684. The Kier molecular flexibility index (Phi) is 4.59. The van der Waals surface area contributed by atoms with Gasteiger partial charge in [0.2, 0.25) is 5.91 Å². The third kappa shape index (κ3) is 4.50. The van der Waals surface area contributed by atoms with Crippen LogP contribution in [0, 0.1) is 0 Å². The Morgan fingerprint density at radius 3 is 2.35 bits per heavy atom. The highest BCUT2D eigenvalue weighted by Crippen LogP contribution is 2.24. The second kappa shape index (κ2) is 6.43. The maximum absolute atomic E-state index is 11.5. The van der Waals surface area contributed by atoms with Gasteiger partial charge in [-0.05, 0) is 24.3 Å². The van der Waals surface area contributed by atoms with Crippen LogP contribution in [-0.4, -0.2) is 27.1 Å². The van der Waals surface area contributed by atoms with Gasteiger partial charge in [-0.25, -0.2) is 4.79 Å². The van der Waals surface area contributed by atoms with E-state index in [-0.39, 0.29) is 5.41 Å². The van der Waals surface area contributed by atoms with E-state index in [1.54, 1.807) is 24.3 Å². The maximum Gasteiger partial charge on any atom is 0.328 e. The van der Waals surface area contributed by atoms with Gasteiger partial charge in [0.15, 0.2) is 5.82 Å². The summed E-state index contributed by atoms with van der Waals surface area (Å²) < 4.78 is 5.24. The van der Waals surface area contributed by atoms with Crippen molar-refractivity contribution in [1.82, 2.24) is 10.1 Å². The van der Waals surface area contributed by atoms with E-state index in [9.17, 15) is 9.59 Å². The number of nitrogens with zero attached hydrogens (tertiary/aromatic N) is 2. The predicted octanol–water partition coefficient (Wildman–Crippen LogP) is 2.61. The molecule has 2 rings (SSSR count). The Labute approximate surface area is 133 Å². The molecule has 1 aromatic carbocycles. The van der Waals surface area contributed by atoms with E-state index in [0.717, 1.165) is 17.7 Å². The van der Waals surface area contributed by atoms with Crippen molar-refractivity contribution < 1.29 is 19.2 Å². The molecule has 0 saturated carbocycles. The van der Waals surface area contributed by atoms with E-state index >= 15 is 0 Å². The van der Waals surface area contributed by atoms with Gasteiger partial charge >= 0.3 is 5.97 Å². The molecule has 23 heavy (non-hydrogen) atoms. The molecule has 0 bridgehead atoms. The van der Waals surface area contributed by atoms with Gasteiger partial charge in [-0.2, -0.15) is 4.98 Å². The molecule has 7 heteroatoms. The van der Waals surface area contributed by atoms with Crippen molar-refractivity contribution >= 4 is 17.6 Å². The number of carbonyl (C=O) groups excluding carboxylic acids is 1. The van der Waals surface area contributed by atoms with Crippen molar-refractivity contribution in [3.8, 4) is 11.5 Å². The number of hydrogen-bond donors (Lipinski definition) is 2. The number of benzene rings is 1. The number of aliphatic carboxylic acids is 1. The number of aromatic nitrogens is 2. The lowest BCUT2D eigenvalue weighted by Crippen LogP contribution is -2.13. The molecule has 0 unspecified atom stereocenters. The van der Waals surface area contributed by atoms with E-state index in [1.807, 2.05) is 20.8 Å². The monoisotopic (exact) mass is 315 g/mol. The van der Waals surface area contributed by atoms with Gasteiger partial charge in [0, 0.05) is 28.8 Å². The maximum atomic E-state index is 11.5. The standard InChI is InChI=1S/C16H17N3O4/c1-16(2,3)15-18-14(23-19-15)10-4-6-11(7-5-10)17-12(20)8-9-13(21)22/h4-9H,1-3H3,(H,17,20)(H,21,22)/b9-8-.